The summed E-state index contributed by atoms with van der Waals surface area (Å²) in [6, 6.07) is 14.7. The van der Waals surface area contributed by atoms with Crippen LogP contribution in [0.3, 0.4) is 0 Å². The van der Waals surface area contributed by atoms with Gasteiger partial charge in [0.1, 0.15) is 28.8 Å². The molecule has 2 atom stereocenters. The van der Waals surface area contributed by atoms with Crippen LogP contribution in [-0.2, 0) is 16.1 Å². The minimum Gasteiger partial charge on any atom is -0.497 e. The Kier molecular flexibility index (Phi) is 8.95. The summed E-state index contributed by atoms with van der Waals surface area (Å²) in [6.45, 7) is 8.53. The second-order valence-electron chi connectivity index (χ2n) is 10.8. The van der Waals surface area contributed by atoms with Gasteiger partial charge in [-0.3, -0.25) is 14.5 Å². The molecule has 2 aromatic carbocycles. The van der Waals surface area contributed by atoms with Gasteiger partial charge in [-0.1, -0.05) is 45.4 Å². The van der Waals surface area contributed by atoms with Gasteiger partial charge in [-0.15, -0.1) is 0 Å². The Morgan fingerprint density at radius 2 is 1.74 bits per heavy atom. The smallest absolute Gasteiger partial charge is 0.248 e. The van der Waals surface area contributed by atoms with Gasteiger partial charge < -0.3 is 24.8 Å². The second-order valence-corrected chi connectivity index (χ2v) is 10.8. The number of benzene rings is 2. The van der Waals surface area contributed by atoms with E-state index < -0.39 is 17.7 Å². The maximum absolute atomic E-state index is 13.5. The summed E-state index contributed by atoms with van der Waals surface area (Å²) in [4.78, 5) is 31.1. The molecule has 2 amide bonds. The predicted molar refractivity (Wildman–Crippen MR) is 146 cm³/mol. The van der Waals surface area contributed by atoms with Crippen LogP contribution in [0.15, 0.2) is 48.5 Å². The van der Waals surface area contributed by atoms with Crippen LogP contribution in [0.25, 0.3) is 0 Å². The van der Waals surface area contributed by atoms with Crippen molar-refractivity contribution >= 4 is 11.8 Å². The third-order valence-electron chi connectivity index (χ3n) is 7.81. The summed E-state index contributed by atoms with van der Waals surface area (Å²) in [7, 11) is 1.63. The fourth-order valence-electron chi connectivity index (χ4n) is 5.40. The first-order chi connectivity index (χ1) is 18.3. The van der Waals surface area contributed by atoms with Crippen molar-refractivity contribution in [2.24, 2.45) is 5.92 Å². The minimum atomic E-state index is -0.899. The number of aliphatic hydroxyl groups excluding tert-OH is 1. The SMILES string of the molecule is CCCCN1C(=O)C(C(O)C(C)C)NC(=O)C12CCN(Cc1ccc(Oc3cccc(OC)c3)cc1)CC2. The molecule has 8 heteroatoms. The van der Waals surface area contributed by atoms with Crippen molar-refractivity contribution in [3.05, 3.63) is 54.1 Å². The van der Waals surface area contributed by atoms with Crippen LogP contribution in [0.2, 0.25) is 0 Å². The van der Waals surface area contributed by atoms with Crippen molar-refractivity contribution in [1.82, 2.24) is 15.1 Å². The lowest BCUT2D eigenvalue weighted by Gasteiger charge is -2.52. The first-order valence-corrected chi connectivity index (χ1v) is 13.7. The lowest BCUT2D eigenvalue weighted by molar-refractivity contribution is -0.165. The number of piperazine rings is 1. The first kappa shape index (κ1) is 27.9. The van der Waals surface area contributed by atoms with Crippen LogP contribution >= 0.6 is 0 Å². The fourth-order valence-corrected chi connectivity index (χ4v) is 5.40. The number of ether oxygens (including phenoxy) is 2. The Labute approximate surface area is 225 Å². The predicted octanol–water partition coefficient (Wildman–Crippen LogP) is 3.97. The minimum absolute atomic E-state index is 0.125. The third kappa shape index (κ3) is 5.97. The lowest BCUT2D eigenvalue weighted by Crippen LogP contribution is -2.74. The van der Waals surface area contributed by atoms with E-state index in [1.54, 1.807) is 12.0 Å². The van der Waals surface area contributed by atoms with E-state index in [4.69, 9.17) is 9.47 Å². The summed E-state index contributed by atoms with van der Waals surface area (Å²) in [6.07, 6.45) is 2.02. The van der Waals surface area contributed by atoms with E-state index in [0.29, 0.717) is 32.5 Å². The largest absolute Gasteiger partial charge is 0.497 e. The summed E-state index contributed by atoms with van der Waals surface area (Å²) in [5, 5.41) is 13.5. The van der Waals surface area contributed by atoms with E-state index in [9.17, 15) is 14.7 Å². The number of carbonyl (C=O) groups is 2. The van der Waals surface area contributed by atoms with Crippen molar-refractivity contribution in [2.75, 3.05) is 26.7 Å². The molecule has 206 valence electrons. The van der Waals surface area contributed by atoms with Gasteiger partial charge in [0.05, 0.1) is 13.2 Å². The van der Waals surface area contributed by atoms with E-state index in [0.717, 1.165) is 42.2 Å². The standard InChI is InChI=1S/C30H41N3O5/c1-5-6-16-33-28(35)26(27(34)21(2)3)31-29(36)30(33)14-17-32(18-15-30)20-22-10-12-23(13-11-22)38-25-9-7-8-24(19-25)37-4/h7-13,19,21,26-27,34H,5-6,14-18,20H2,1-4H3,(H,31,36). The highest BCUT2D eigenvalue weighted by Crippen LogP contribution is 2.35. The Morgan fingerprint density at radius 1 is 1.05 bits per heavy atom. The average molecular weight is 524 g/mol. The zero-order valence-electron chi connectivity index (χ0n) is 23.0. The van der Waals surface area contributed by atoms with Crippen molar-refractivity contribution in [1.29, 1.82) is 0 Å². The molecular weight excluding hydrogens is 482 g/mol. The number of aliphatic hydroxyl groups is 1. The van der Waals surface area contributed by atoms with E-state index >= 15 is 0 Å². The number of nitrogens with zero attached hydrogens (tertiary/aromatic N) is 2. The van der Waals surface area contributed by atoms with Gasteiger partial charge in [0, 0.05) is 32.2 Å². The second kappa shape index (κ2) is 12.2. The number of unbranched alkanes of at least 4 members (excludes halogenated alkanes) is 1. The van der Waals surface area contributed by atoms with Crippen molar-refractivity contribution < 1.29 is 24.2 Å². The molecule has 2 heterocycles. The van der Waals surface area contributed by atoms with Gasteiger partial charge in [0.2, 0.25) is 11.8 Å². The maximum Gasteiger partial charge on any atom is 0.248 e. The van der Waals surface area contributed by atoms with Crippen molar-refractivity contribution in [3.8, 4) is 17.2 Å². The number of piperidine rings is 1. The monoisotopic (exact) mass is 523 g/mol. The van der Waals surface area contributed by atoms with Crippen molar-refractivity contribution in [3.63, 3.8) is 0 Å². The molecule has 0 radical (unpaired) electrons. The molecule has 2 N–H and O–H groups in total. The molecule has 38 heavy (non-hydrogen) atoms. The molecule has 2 aliphatic heterocycles. The maximum atomic E-state index is 13.5. The summed E-state index contributed by atoms with van der Waals surface area (Å²) in [5.41, 5.74) is 0.316. The molecule has 2 aromatic rings. The number of nitrogens with one attached hydrogen (secondary N) is 1. The number of amides is 2. The topological polar surface area (TPSA) is 91.3 Å². The molecule has 0 aromatic heterocycles. The van der Waals surface area contributed by atoms with Gasteiger partial charge in [-0.2, -0.15) is 0 Å². The molecule has 1 spiro atoms. The zero-order valence-corrected chi connectivity index (χ0v) is 23.0. The highest BCUT2D eigenvalue weighted by atomic mass is 16.5. The van der Waals surface area contributed by atoms with Crippen molar-refractivity contribution in [2.45, 2.75) is 70.7 Å². The Balaban J connectivity index is 1.39. The van der Waals surface area contributed by atoms with Crippen LogP contribution in [0.5, 0.6) is 17.2 Å². The number of hydrogen-bond donors (Lipinski definition) is 2. The summed E-state index contributed by atoms with van der Waals surface area (Å²) < 4.78 is 11.2. The van der Waals surface area contributed by atoms with Crippen LogP contribution in [0.4, 0.5) is 0 Å². The molecule has 0 saturated carbocycles. The average Bonchev–Trinajstić information content (AvgIpc) is 2.92. The summed E-state index contributed by atoms with van der Waals surface area (Å²) in [5.74, 6) is 1.81. The normalized spacial score (nSPS) is 20.5. The number of methoxy groups -OCH3 is 1. The number of likely N-dealkylation sites (tertiary alicyclic amines) is 1. The molecule has 2 fully saturated rings. The highest BCUT2D eigenvalue weighted by Gasteiger charge is 2.54. The van der Waals surface area contributed by atoms with E-state index in [2.05, 4.69) is 29.3 Å². The molecule has 2 aliphatic rings. The van der Waals surface area contributed by atoms with E-state index in [1.165, 1.54) is 0 Å². The van der Waals surface area contributed by atoms with Gasteiger partial charge in [0.25, 0.3) is 0 Å². The fraction of sp³-hybridized carbons (Fsp3) is 0.533. The molecule has 8 nitrogen and oxygen atoms in total. The van der Waals surface area contributed by atoms with Crippen LogP contribution < -0.4 is 14.8 Å². The number of carbonyl (C=O) groups excluding carboxylic acids is 2. The highest BCUT2D eigenvalue weighted by molar-refractivity contribution is 6.00. The Hall–Kier alpha value is -3.10. The third-order valence-corrected chi connectivity index (χ3v) is 7.81. The molecule has 0 bridgehead atoms. The Morgan fingerprint density at radius 3 is 2.37 bits per heavy atom. The number of hydrogen-bond acceptors (Lipinski definition) is 6. The molecule has 2 saturated heterocycles. The molecule has 0 aliphatic carbocycles. The van der Waals surface area contributed by atoms with E-state index in [1.807, 2.05) is 50.2 Å². The molecule has 2 unspecified atom stereocenters. The number of rotatable bonds is 10. The van der Waals surface area contributed by atoms with Gasteiger partial charge in [0.15, 0.2) is 0 Å². The lowest BCUT2D eigenvalue weighted by atomic mass is 9.80. The van der Waals surface area contributed by atoms with Gasteiger partial charge >= 0.3 is 0 Å². The van der Waals surface area contributed by atoms with E-state index in [-0.39, 0.29) is 17.7 Å². The zero-order chi connectivity index (χ0) is 27.3. The summed E-state index contributed by atoms with van der Waals surface area (Å²) >= 11 is 0. The van der Waals surface area contributed by atoms with Crippen LogP contribution in [0, 0.1) is 5.92 Å². The van der Waals surface area contributed by atoms with Gasteiger partial charge in [-0.05, 0) is 55.0 Å². The van der Waals surface area contributed by atoms with Gasteiger partial charge in [-0.25, -0.2) is 0 Å². The van der Waals surface area contributed by atoms with Crippen LogP contribution in [-0.4, -0.2) is 71.1 Å². The first-order valence-electron chi connectivity index (χ1n) is 13.7. The molecule has 4 rings (SSSR count). The molecular formula is C30H41N3O5. The quantitative estimate of drug-likeness (QED) is 0.490. The van der Waals surface area contributed by atoms with Crippen LogP contribution in [0.1, 0.15) is 52.0 Å². The Bertz CT molecular complexity index is 1100.